The summed E-state index contributed by atoms with van der Waals surface area (Å²) in [6.07, 6.45) is 3.84. The van der Waals surface area contributed by atoms with Gasteiger partial charge in [-0.2, -0.15) is 0 Å². The van der Waals surface area contributed by atoms with Crippen molar-refractivity contribution in [1.29, 1.82) is 0 Å². The molecule has 0 bridgehead atoms. The number of benzene rings is 1. The number of ether oxygens (including phenoxy) is 1. The Kier molecular flexibility index (Phi) is 4.97. The molecule has 8 heteroatoms. The number of nitrogens with zero attached hydrogens (tertiary/aromatic N) is 1. The number of carbonyl (C=O) groups is 4. The lowest BCUT2D eigenvalue weighted by Crippen LogP contribution is -2.39. The topological polar surface area (TPSA) is 101 Å². The summed E-state index contributed by atoms with van der Waals surface area (Å²) in [5.74, 6) is -3.10. The minimum Gasteiger partial charge on any atom is -0.504 e. The van der Waals surface area contributed by atoms with Crippen LogP contribution in [0.1, 0.15) is 31.2 Å². The van der Waals surface area contributed by atoms with E-state index in [1.165, 1.54) is 25.1 Å². The Morgan fingerprint density at radius 2 is 1.85 bits per heavy atom. The minimum absolute atomic E-state index is 0.126. The number of phenols is 1. The molecule has 1 heterocycles. The number of aromatic hydroxyl groups is 1. The van der Waals surface area contributed by atoms with Gasteiger partial charge in [0.25, 0.3) is 0 Å². The highest BCUT2D eigenvalue weighted by molar-refractivity contribution is 9.10. The van der Waals surface area contributed by atoms with E-state index in [9.17, 15) is 24.3 Å². The quantitative estimate of drug-likeness (QED) is 0.371. The Labute approximate surface area is 198 Å². The number of allylic oxidation sites excluding steroid dienone is 6. The van der Waals surface area contributed by atoms with Gasteiger partial charge in [0.2, 0.25) is 11.8 Å². The fourth-order valence-electron chi connectivity index (χ4n) is 5.86. The summed E-state index contributed by atoms with van der Waals surface area (Å²) < 4.78 is 5.96. The lowest BCUT2D eigenvalue weighted by Gasteiger charge is -2.42. The van der Waals surface area contributed by atoms with Gasteiger partial charge in [-0.3, -0.25) is 24.1 Å². The number of likely N-dealkylation sites (tertiary alicyclic amines) is 1. The Balaban J connectivity index is 1.76. The fraction of sp³-hybridized carbons (Fsp3) is 0.360. The van der Waals surface area contributed by atoms with Crippen molar-refractivity contribution in [2.24, 2.45) is 17.8 Å². The molecule has 5 rings (SSSR count). The Morgan fingerprint density at radius 3 is 2.55 bits per heavy atom. The van der Waals surface area contributed by atoms with Crippen LogP contribution in [-0.2, 0) is 19.2 Å². The van der Waals surface area contributed by atoms with Crippen molar-refractivity contribution >= 4 is 39.3 Å². The molecule has 0 radical (unpaired) electrons. The van der Waals surface area contributed by atoms with Crippen LogP contribution in [0, 0.1) is 17.8 Å². The zero-order valence-electron chi connectivity index (χ0n) is 18.3. The molecule has 1 aromatic carbocycles. The monoisotopic (exact) mass is 511 g/mol. The van der Waals surface area contributed by atoms with Crippen molar-refractivity contribution in [3.63, 3.8) is 0 Å². The van der Waals surface area contributed by atoms with E-state index < -0.39 is 23.7 Å². The first-order valence-electron chi connectivity index (χ1n) is 10.7. The second-order valence-corrected chi connectivity index (χ2v) is 9.93. The number of methoxy groups -OCH3 is 1. The molecule has 4 atom stereocenters. The number of Topliss-reactive ketones (excluding diaryl/α,β-unsaturated/α-hetero) is 1. The third kappa shape index (κ3) is 3.00. The van der Waals surface area contributed by atoms with Gasteiger partial charge in [-0.25, -0.2) is 0 Å². The van der Waals surface area contributed by atoms with E-state index in [1.807, 2.05) is 6.08 Å². The number of imide groups is 1. The molecule has 4 unspecified atom stereocenters. The Hall–Kier alpha value is -3.00. The summed E-state index contributed by atoms with van der Waals surface area (Å²) in [5.41, 5.74) is 2.24. The number of ketones is 2. The van der Waals surface area contributed by atoms with Crippen molar-refractivity contribution in [2.75, 3.05) is 14.2 Å². The number of hydrogen-bond acceptors (Lipinski definition) is 6. The molecule has 1 saturated heterocycles. The maximum Gasteiger partial charge on any atom is 0.233 e. The van der Waals surface area contributed by atoms with Crippen molar-refractivity contribution in [3.8, 4) is 11.5 Å². The molecule has 1 aromatic rings. The van der Waals surface area contributed by atoms with Gasteiger partial charge in [0.05, 0.1) is 18.9 Å². The zero-order chi connectivity index (χ0) is 23.8. The van der Waals surface area contributed by atoms with Crippen LogP contribution in [0.25, 0.3) is 0 Å². The molecule has 4 aliphatic rings. The van der Waals surface area contributed by atoms with Crippen LogP contribution in [-0.4, -0.2) is 47.5 Å². The van der Waals surface area contributed by atoms with Crippen molar-refractivity contribution < 1.29 is 29.0 Å². The van der Waals surface area contributed by atoms with Gasteiger partial charge >= 0.3 is 0 Å². The molecule has 2 amide bonds. The molecule has 1 N–H and O–H groups in total. The van der Waals surface area contributed by atoms with Crippen LogP contribution >= 0.6 is 15.9 Å². The summed E-state index contributed by atoms with van der Waals surface area (Å²) >= 11 is 3.44. The van der Waals surface area contributed by atoms with E-state index >= 15 is 0 Å². The first-order chi connectivity index (χ1) is 15.6. The Bertz CT molecular complexity index is 1260. The average molecular weight is 512 g/mol. The van der Waals surface area contributed by atoms with E-state index in [1.54, 1.807) is 19.1 Å². The predicted octanol–water partition coefficient (Wildman–Crippen LogP) is 3.22. The smallest absolute Gasteiger partial charge is 0.233 e. The highest BCUT2D eigenvalue weighted by atomic mass is 79.9. The van der Waals surface area contributed by atoms with Crippen LogP contribution < -0.4 is 4.74 Å². The number of fused-ring (bicyclic) bond motifs is 3. The number of carbonyl (C=O) groups excluding carboxylic acids is 4. The molecular formula is C25H22BrNO6. The lowest BCUT2D eigenvalue weighted by atomic mass is 9.59. The lowest BCUT2D eigenvalue weighted by molar-refractivity contribution is -0.138. The van der Waals surface area contributed by atoms with E-state index in [4.69, 9.17) is 4.74 Å². The summed E-state index contributed by atoms with van der Waals surface area (Å²) in [7, 11) is 2.92. The van der Waals surface area contributed by atoms with Gasteiger partial charge in [-0.15, -0.1) is 0 Å². The minimum atomic E-state index is -0.722. The van der Waals surface area contributed by atoms with Gasteiger partial charge < -0.3 is 9.84 Å². The van der Waals surface area contributed by atoms with Gasteiger partial charge in [0.1, 0.15) is 0 Å². The number of rotatable bonds is 2. The molecule has 1 fully saturated rings. The third-order valence-electron chi connectivity index (χ3n) is 7.38. The second-order valence-electron chi connectivity index (χ2n) is 9.01. The number of hydrogen-bond donors (Lipinski definition) is 1. The molecule has 33 heavy (non-hydrogen) atoms. The normalized spacial score (nSPS) is 28.9. The summed E-state index contributed by atoms with van der Waals surface area (Å²) in [4.78, 5) is 53.3. The molecule has 7 nitrogen and oxygen atoms in total. The average Bonchev–Trinajstić information content (AvgIpc) is 3.01. The largest absolute Gasteiger partial charge is 0.504 e. The molecular weight excluding hydrogens is 490 g/mol. The first kappa shape index (κ1) is 21.8. The third-order valence-corrected chi connectivity index (χ3v) is 7.84. The SMILES string of the molecule is COc1cc(Br)cc(C2C3=CCC4C(=O)N(C)C(=O)C4C3CC3=C2C(=O)C=C(C)C3=O)c1O. The van der Waals surface area contributed by atoms with Gasteiger partial charge in [0.15, 0.2) is 23.1 Å². The standard InChI is InChI=1S/C25H22BrNO6/c1-10-6-17(28)21-16(22(10)29)9-14-12(4-5-13-20(14)25(32)27(2)24(13)31)19(21)15-7-11(26)8-18(33-3)23(15)30/h4,6-8,13-14,19-20,30H,5,9H2,1-3H3. The fourth-order valence-corrected chi connectivity index (χ4v) is 6.32. The maximum atomic E-state index is 13.2. The molecule has 170 valence electrons. The van der Waals surface area contributed by atoms with Crippen molar-refractivity contribution in [2.45, 2.75) is 25.7 Å². The first-order valence-corrected chi connectivity index (χ1v) is 11.5. The van der Waals surface area contributed by atoms with E-state index in [2.05, 4.69) is 15.9 Å². The number of phenolic OH excluding ortho intramolecular Hbond substituents is 1. The van der Waals surface area contributed by atoms with Gasteiger partial charge in [-0.1, -0.05) is 27.6 Å². The summed E-state index contributed by atoms with van der Waals surface area (Å²) in [6, 6.07) is 3.32. The number of amides is 2. The van der Waals surface area contributed by atoms with Crippen LogP contribution in [0.5, 0.6) is 11.5 Å². The van der Waals surface area contributed by atoms with Gasteiger partial charge in [-0.05, 0) is 43.9 Å². The summed E-state index contributed by atoms with van der Waals surface area (Å²) in [5, 5.41) is 11.0. The van der Waals surface area contributed by atoms with Crippen LogP contribution in [0.15, 0.2) is 51.0 Å². The molecule has 0 spiro atoms. The van der Waals surface area contributed by atoms with E-state index in [-0.39, 0.29) is 41.3 Å². The molecule has 0 saturated carbocycles. The van der Waals surface area contributed by atoms with Gasteiger partial charge in [0, 0.05) is 39.7 Å². The van der Waals surface area contributed by atoms with Crippen LogP contribution in [0.3, 0.4) is 0 Å². The molecule has 3 aliphatic carbocycles. The zero-order valence-corrected chi connectivity index (χ0v) is 19.9. The van der Waals surface area contributed by atoms with Crippen LogP contribution in [0.2, 0.25) is 0 Å². The van der Waals surface area contributed by atoms with Crippen molar-refractivity contribution in [1.82, 2.24) is 4.90 Å². The summed E-state index contributed by atoms with van der Waals surface area (Å²) in [6.45, 7) is 1.60. The molecule has 0 aromatic heterocycles. The van der Waals surface area contributed by atoms with Crippen molar-refractivity contribution in [3.05, 3.63) is 56.6 Å². The maximum absolute atomic E-state index is 13.2. The van der Waals surface area contributed by atoms with Crippen LogP contribution in [0.4, 0.5) is 0 Å². The van der Waals surface area contributed by atoms with E-state index in [0.29, 0.717) is 33.2 Å². The number of halogens is 1. The Morgan fingerprint density at radius 1 is 1.12 bits per heavy atom. The highest BCUT2D eigenvalue weighted by Gasteiger charge is 2.55. The van der Waals surface area contributed by atoms with E-state index in [0.717, 1.165) is 5.57 Å². The highest BCUT2D eigenvalue weighted by Crippen LogP contribution is 2.56. The molecule has 1 aliphatic heterocycles. The predicted molar refractivity (Wildman–Crippen MR) is 121 cm³/mol. The second kappa shape index (κ2) is 7.52.